The van der Waals surface area contributed by atoms with Crippen molar-refractivity contribution in [2.45, 2.75) is 25.4 Å². The molecule has 0 radical (unpaired) electrons. The van der Waals surface area contributed by atoms with E-state index in [4.69, 9.17) is 14.0 Å². The number of nitrogens with zero attached hydrogens (tertiary/aromatic N) is 4. The van der Waals surface area contributed by atoms with Crippen LogP contribution < -0.4 is 14.4 Å². The maximum absolute atomic E-state index is 5.55. The molecule has 1 aromatic heterocycles. The van der Waals surface area contributed by atoms with E-state index in [1.807, 2.05) is 31.1 Å². The summed E-state index contributed by atoms with van der Waals surface area (Å²) in [5, 5.41) is 3.99. The first kappa shape index (κ1) is 16.6. The van der Waals surface area contributed by atoms with E-state index in [0.29, 0.717) is 18.4 Å². The first-order chi connectivity index (χ1) is 11.6. The Hall–Kier alpha value is -2.28. The summed E-state index contributed by atoms with van der Waals surface area (Å²) in [5.74, 6) is 2.95. The zero-order valence-electron chi connectivity index (χ0n) is 14.7. The molecule has 1 saturated heterocycles. The molecule has 7 heteroatoms. The molecule has 2 aromatic rings. The van der Waals surface area contributed by atoms with Gasteiger partial charge in [-0.3, -0.25) is 4.90 Å². The Kier molecular flexibility index (Phi) is 4.89. The molecule has 0 saturated carbocycles. The molecule has 3 rings (SSSR count). The Morgan fingerprint density at radius 2 is 2.12 bits per heavy atom. The van der Waals surface area contributed by atoms with Gasteiger partial charge in [0.1, 0.15) is 11.5 Å². The van der Waals surface area contributed by atoms with Gasteiger partial charge < -0.3 is 18.9 Å². The summed E-state index contributed by atoms with van der Waals surface area (Å²) in [6.07, 6.45) is 2.19. The number of benzene rings is 1. The van der Waals surface area contributed by atoms with E-state index in [9.17, 15) is 0 Å². The molecule has 1 aromatic carbocycles. The number of anilines is 1. The lowest BCUT2D eigenvalue weighted by Crippen LogP contribution is -2.23. The van der Waals surface area contributed by atoms with Crippen molar-refractivity contribution in [3.63, 3.8) is 0 Å². The van der Waals surface area contributed by atoms with E-state index >= 15 is 0 Å². The minimum atomic E-state index is 0.254. The summed E-state index contributed by atoms with van der Waals surface area (Å²) >= 11 is 0. The van der Waals surface area contributed by atoms with Crippen molar-refractivity contribution in [1.29, 1.82) is 0 Å². The van der Waals surface area contributed by atoms with E-state index in [1.54, 1.807) is 14.2 Å². The molecule has 0 N–H and O–H groups in total. The summed E-state index contributed by atoms with van der Waals surface area (Å²) in [5.41, 5.74) is 1.14. The predicted octanol–water partition coefficient (Wildman–Crippen LogP) is 2.49. The summed E-state index contributed by atoms with van der Waals surface area (Å²) in [4.78, 5) is 8.61. The fourth-order valence-corrected chi connectivity index (χ4v) is 3.13. The van der Waals surface area contributed by atoms with Crippen LogP contribution in [0.15, 0.2) is 22.7 Å². The number of methoxy groups -OCH3 is 2. The maximum Gasteiger partial charge on any atom is 0.265 e. The van der Waals surface area contributed by atoms with Crippen molar-refractivity contribution < 1.29 is 14.0 Å². The van der Waals surface area contributed by atoms with Gasteiger partial charge in [-0.15, -0.1) is 0 Å². The number of aromatic nitrogens is 2. The molecule has 0 bridgehead atoms. The standard InChI is InChI=1S/C17H24N4O3/c1-20(2)17-18-16(24-19-17)11-21-9-5-6-14(21)13-10-12(22-3)7-8-15(13)23-4/h7-8,10,14H,5-6,9,11H2,1-4H3/t14-/m0/s1. The van der Waals surface area contributed by atoms with E-state index in [0.717, 1.165) is 36.4 Å². The van der Waals surface area contributed by atoms with E-state index in [2.05, 4.69) is 21.1 Å². The predicted molar refractivity (Wildman–Crippen MR) is 90.6 cm³/mol. The Morgan fingerprint density at radius 3 is 2.79 bits per heavy atom. The fourth-order valence-electron chi connectivity index (χ4n) is 3.13. The molecule has 1 atom stereocenters. The molecule has 0 spiro atoms. The fraction of sp³-hybridized carbons (Fsp3) is 0.529. The molecule has 0 unspecified atom stereocenters. The van der Waals surface area contributed by atoms with Crippen molar-refractivity contribution in [3.8, 4) is 11.5 Å². The third-order valence-corrected chi connectivity index (χ3v) is 4.36. The van der Waals surface area contributed by atoms with Gasteiger partial charge in [0.2, 0.25) is 5.89 Å². The van der Waals surface area contributed by atoms with Crippen LogP contribution in [0.2, 0.25) is 0 Å². The number of likely N-dealkylation sites (tertiary alicyclic amines) is 1. The van der Waals surface area contributed by atoms with Crippen molar-refractivity contribution >= 4 is 5.95 Å². The third kappa shape index (κ3) is 3.31. The third-order valence-electron chi connectivity index (χ3n) is 4.36. The highest BCUT2D eigenvalue weighted by Gasteiger charge is 2.30. The molecule has 1 aliphatic rings. The normalized spacial score (nSPS) is 17.9. The zero-order chi connectivity index (χ0) is 17.1. The Balaban J connectivity index is 1.82. The Bertz CT molecular complexity index is 686. The number of ether oxygens (including phenoxy) is 2. The van der Waals surface area contributed by atoms with Gasteiger partial charge in [0.25, 0.3) is 5.95 Å². The highest BCUT2D eigenvalue weighted by atomic mass is 16.5. The molecule has 7 nitrogen and oxygen atoms in total. The largest absolute Gasteiger partial charge is 0.497 e. The van der Waals surface area contributed by atoms with Gasteiger partial charge in [-0.1, -0.05) is 0 Å². The lowest BCUT2D eigenvalue weighted by atomic mass is 10.0. The Labute approximate surface area is 142 Å². The molecular formula is C17H24N4O3. The second-order valence-corrected chi connectivity index (χ2v) is 6.12. The summed E-state index contributed by atoms with van der Waals surface area (Å²) < 4.78 is 16.3. The highest BCUT2D eigenvalue weighted by Crippen LogP contribution is 2.39. The van der Waals surface area contributed by atoms with E-state index in [1.165, 1.54) is 0 Å². The second-order valence-electron chi connectivity index (χ2n) is 6.12. The van der Waals surface area contributed by atoms with Gasteiger partial charge in [0.05, 0.1) is 20.8 Å². The van der Waals surface area contributed by atoms with Crippen LogP contribution in [0.5, 0.6) is 11.5 Å². The zero-order valence-corrected chi connectivity index (χ0v) is 14.7. The molecule has 2 heterocycles. The lowest BCUT2D eigenvalue weighted by Gasteiger charge is -2.25. The number of hydrogen-bond donors (Lipinski definition) is 0. The van der Waals surface area contributed by atoms with Crippen LogP contribution in [0.4, 0.5) is 5.95 Å². The van der Waals surface area contributed by atoms with Crippen LogP contribution in [0.25, 0.3) is 0 Å². The Morgan fingerprint density at radius 1 is 1.29 bits per heavy atom. The van der Waals surface area contributed by atoms with Crippen molar-refractivity contribution in [3.05, 3.63) is 29.7 Å². The highest BCUT2D eigenvalue weighted by molar-refractivity contribution is 5.42. The SMILES string of the molecule is COc1ccc(OC)c([C@@H]2CCCN2Cc2nc(N(C)C)no2)c1. The lowest BCUT2D eigenvalue weighted by molar-refractivity contribution is 0.209. The minimum absolute atomic E-state index is 0.254. The quantitative estimate of drug-likeness (QED) is 0.805. The average molecular weight is 332 g/mol. The smallest absolute Gasteiger partial charge is 0.265 e. The van der Waals surface area contributed by atoms with Gasteiger partial charge in [0, 0.05) is 25.7 Å². The molecule has 24 heavy (non-hydrogen) atoms. The topological polar surface area (TPSA) is 63.9 Å². The molecule has 1 aliphatic heterocycles. The van der Waals surface area contributed by atoms with Crippen LogP contribution in [-0.2, 0) is 6.54 Å². The first-order valence-corrected chi connectivity index (χ1v) is 8.08. The van der Waals surface area contributed by atoms with E-state index in [-0.39, 0.29) is 6.04 Å². The van der Waals surface area contributed by atoms with Crippen molar-refractivity contribution in [1.82, 2.24) is 15.0 Å². The monoisotopic (exact) mass is 332 g/mol. The second kappa shape index (κ2) is 7.09. The van der Waals surface area contributed by atoms with Gasteiger partial charge in [0.15, 0.2) is 0 Å². The molecule has 1 fully saturated rings. The number of rotatable bonds is 6. The summed E-state index contributed by atoms with van der Waals surface area (Å²) in [6, 6.07) is 6.19. The van der Waals surface area contributed by atoms with Crippen LogP contribution >= 0.6 is 0 Å². The van der Waals surface area contributed by atoms with Gasteiger partial charge >= 0.3 is 0 Å². The summed E-state index contributed by atoms with van der Waals surface area (Å²) in [6.45, 7) is 1.62. The molecular weight excluding hydrogens is 308 g/mol. The van der Waals surface area contributed by atoms with E-state index < -0.39 is 0 Å². The average Bonchev–Trinajstić information content (AvgIpc) is 3.24. The minimum Gasteiger partial charge on any atom is -0.497 e. The summed E-state index contributed by atoms with van der Waals surface area (Å²) in [7, 11) is 7.17. The van der Waals surface area contributed by atoms with Crippen molar-refractivity contribution in [2.24, 2.45) is 0 Å². The van der Waals surface area contributed by atoms with Crippen LogP contribution in [0.3, 0.4) is 0 Å². The van der Waals surface area contributed by atoms with Crippen molar-refractivity contribution in [2.75, 3.05) is 39.8 Å². The van der Waals surface area contributed by atoms with Gasteiger partial charge in [-0.05, 0) is 42.7 Å². The van der Waals surface area contributed by atoms with Crippen LogP contribution in [0.1, 0.15) is 30.3 Å². The molecule has 0 aliphatic carbocycles. The van der Waals surface area contributed by atoms with Crippen LogP contribution in [0, 0.1) is 0 Å². The number of hydrogen-bond acceptors (Lipinski definition) is 7. The van der Waals surface area contributed by atoms with Gasteiger partial charge in [-0.2, -0.15) is 4.98 Å². The first-order valence-electron chi connectivity index (χ1n) is 8.08. The molecule has 0 amide bonds. The maximum atomic E-state index is 5.55. The molecule has 130 valence electrons. The van der Waals surface area contributed by atoms with Gasteiger partial charge in [-0.25, -0.2) is 0 Å². The van der Waals surface area contributed by atoms with Crippen LogP contribution in [-0.4, -0.2) is 49.9 Å².